The third kappa shape index (κ3) is 2.77. The third-order valence-corrected chi connectivity index (χ3v) is 6.57. The van der Waals surface area contributed by atoms with E-state index in [0.717, 1.165) is 17.3 Å². The van der Waals surface area contributed by atoms with E-state index in [-0.39, 0.29) is 0 Å². The molecule has 1 aromatic rings. The van der Waals surface area contributed by atoms with Crippen LogP contribution in [0, 0.1) is 17.3 Å². The van der Waals surface area contributed by atoms with Crippen LogP contribution in [-0.2, 0) is 6.42 Å². The average molecular weight is 283 g/mol. The largest absolute Gasteiger partial charge is 0.303 e. The highest BCUT2D eigenvalue weighted by Gasteiger charge is 2.51. The van der Waals surface area contributed by atoms with Gasteiger partial charge in [0.2, 0.25) is 0 Å². The number of rotatable bonds is 4. The van der Waals surface area contributed by atoms with Crippen molar-refractivity contribution in [3.05, 3.63) is 35.9 Å². The minimum Gasteiger partial charge on any atom is -0.303 e. The molecule has 21 heavy (non-hydrogen) atoms. The number of hydrogen-bond donors (Lipinski definition) is 0. The van der Waals surface area contributed by atoms with Crippen molar-refractivity contribution in [3.8, 4) is 0 Å². The molecule has 1 nitrogen and oxygen atoms in total. The summed E-state index contributed by atoms with van der Waals surface area (Å²) in [7, 11) is 0. The second-order valence-corrected chi connectivity index (χ2v) is 7.91. The molecular weight excluding hydrogens is 254 g/mol. The van der Waals surface area contributed by atoms with Crippen molar-refractivity contribution in [2.24, 2.45) is 17.3 Å². The molecule has 1 spiro atoms. The summed E-state index contributed by atoms with van der Waals surface area (Å²) in [5.74, 6) is 2.18. The van der Waals surface area contributed by atoms with Gasteiger partial charge in [-0.3, -0.25) is 0 Å². The lowest BCUT2D eigenvalue weighted by Crippen LogP contribution is -2.46. The van der Waals surface area contributed by atoms with E-state index in [4.69, 9.17) is 0 Å². The van der Waals surface area contributed by atoms with Gasteiger partial charge in [0.1, 0.15) is 0 Å². The summed E-state index contributed by atoms with van der Waals surface area (Å²) in [6, 6.07) is 11.0. The molecule has 2 bridgehead atoms. The van der Waals surface area contributed by atoms with Crippen LogP contribution in [-0.4, -0.2) is 24.5 Å². The minimum atomic E-state index is 0.744. The zero-order valence-electron chi connectivity index (χ0n) is 13.3. The zero-order valence-corrected chi connectivity index (χ0v) is 13.3. The molecule has 3 atom stereocenters. The molecule has 1 aromatic carbocycles. The monoisotopic (exact) mass is 283 g/mol. The van der Waals surface area contributed by atoms with Gasteiger partial charge in [0, 0.05) is 6.54 Å². The van der Waals surface area contributed by atoms with E-state index in [9.17, 15) is 0 Å². The molecule has 1 heteroatoms. The van der Waals surface area contributed by atoms with Gasteiger partial charge in [-0.1, -0.05) is 36.8 Å². The van der Waals surface area contributed by atoms with E-state index in [0.29, 0.717) is 0 Å². The number of fused-ring (bicyclic) bond motifs is 3. The maximum absolute atomic E-state index is 2.80. The van der Waals surface area contributed by atoms with Crippen LogP contribution in [0.5, 0.6) is 0 Å². The van der Waals surface area contributed by atoms with Crippen LogP contribution in [0.3, 0.4) is 0 Å². The highest BCUT2D eigenvalue weighted by Crippen LogP contribution is 2.59. The van der Waals surface area contributed by atoms with E-state index in [1.54, 1.807) is 25.7 Å². The van der Waals surface area contributed by atoms with Crippen molar-refractivity contribution in [3.63, 3.8) is 0 Å². The second-order valence-electron chi connectivity index (χ2n) is 7.91. The van der Waals surface area contributed by atoms with Crippen molar-refractivity contribution in [1.29, 1.82) is 0 Å². The van der Waals surface area contributed by atoms with Gasteiger partial charge < -0.3 is 4.90 Å². The number of aryl methyl sites for hydroxylation is 1. The Morgan fingerprint density at radius 2 is 2.05 bits per heavy atom. The maximum Gasteiger partial charge on any atom is 0.00407 e. The molecule has 0 amide bonds. The molecule has 4 rings (SSSR count). The van der Waals surface area contributed by atoms with Gasteiger partial charge in [-0.05, 0) is 80.8 Å². The lowest BCUT2D eigenvalue weighted by Gasteiger charge is -2.46. The summed E-state index contributed by atoms with van der Waals surface area (Å²) >= 11 is 0. The first kappa shape index (κ1) is 13.8. The molecule has 2 saturated carbocycles. The first-order valence-corrected chi connectivity index (χ1v) is 9.10. The molecule has 3 unspecified atom stereocenters. The first-order valence-electron chi connectivity index (χ1n) is 9.10. The molecule has 1 aliphatic heterocycles. The van der Waals surface area contributed by atoms with Gasteiger partial charge >= 0.3 is 0 Å². The van der Waals surface area contributed by atoms with Crippen molar-refractivity contribution in [2.75, 3.05) is 19.6 Å². The predicted octanol–water partition coefficient (Wildman–Crippen LogP) is 4.52. The normalized spacial score (nSPS) is 35.6. The van der Waals surface area contributed by atoms with Crippen LogP contribution in [0.1, 0.15) is 50.5 Å². The van der Waals surface area contributed by atoms with Crippen LogP contribution >= 0.6 is 0 Å². The summed E-state index contributed by atoms with van der Waals surface area (Å²) in [6.45, 7) is 4.09. The summed E-state index contributed by atoms with van der Waals surface area (Å²) < 4.78 is 0. The van der Waals surface area contributed by atoms with Gasteiger partial charge in [0.15, 0.2) is 0 Å². The molecular formula is C20H29N. The Bertz CT molecular complexity index is 468. The molecule has 1 heterocycles. The summed E-state index contributed by atoms with van der Waals surface area (Å²) in [4.78, 5) is 2.80. The van der Waals surface area contributed by atoms with Crippen molar-refractivity contribution in [2.45, 2.75) is 51.4 Å². The maximum atomic E-state index is 2.80. The topological polar surface area (TPSA) is 3.24 Å². The number of likely N-dealkylation sites (tertiary alicyclic amines) is 1. The standard InChI is InChI=1S/C20H29N/c1-2-6-17(7-3-1)8-4-12-21-13-5-11-20(16-21)15-18-9-10-19(20)14-18/h1-3,6-7,18-19H,4-5,8-16H2. The van der Waals surface area contributed by atoms with Gasteiger partial charge in [-0.25, -0.2) is 0 Å². The van der Waals surface area contributed by atoms with E-state index in [1.165, 1.54) is 50.9 Å². The van der Waals surface area contributed by atoms with Gasteiger partial charge in [0.05, 0.1) is 0 Å². The molecule has 2 aliphatic carbocycles. The Labute approximate surface area is 129 Å². The Balaban J connectivity index is 1.30. The van der Waals surface area contributed by atoms with E-state index in [1.807, 2.05) is 0 Å². The smallest absolute Gasteiger partial charge is 0.00407 e. The second kappa shape index (κ2) is 5.76. The highest BCUT2D eigenvalue weighted by atomic mass is 15.1. The fourth-order valence-corrected chi connectivity index (χ4v) is 5.66. The van der Waals surface area contributed by atoms with E-state index in [2.05, 4.69) is 35.2 Å². The Morgan fingerprint density at radius 1 is 1.14 bits per heavy atom. The number of nitrogens with zero attached hydrogens (tertiary/aromatic N) is 1. The fraction of sp³-hybridized carbons (Fsp3) is 0.700. The molecule has 0 aromatic heterocycles. The van der Waals surface area contributed by atoms with Crippen molar-refractivity contribution in [1.82, 2.24) is 4.90 Å². The van der Waals surface area contributed by atoms with Gasteiger partial charge in [0.25, 0.3) is 0 Å². The predicted molar refractivity (Wildman–Crippen MR) is 88.3 cm³/mol. The zero-order chi connectivity index (χ0) is 14.1. The minimum absolute atomic E-state index is 0.744. The lowest BCUT2D eigenvalue weighted by atomic mass is 9.68. The molecule has 3 fully saturated rings. The Kier molecular flexibility index (Phi) is 3.79. The highest BCUT2D eigenvalue weighted by molar-refractivity contribution is 5.14. The fourth-order valence-electron chi connectivity index (χ4n) is 5.66. The quantitative estimate of drug-likeness (QED) is 0.785. The van der Waals surface area contributed by atoms with Crippen LogP contribution < -0.4 is 0 Å². The SMILES string of the molecule is c1ccc(CCCN2CCCC3(CC4CCC3C4)C2)cc1. The van der Waals surface area contributed by atoms with Crippen molar-refractivity contribution < 1.29 is 0 Å². The van der Waals surface area contributed by atoms with E-state index >= 15 is 0 Å². The third-order valence-electron chi connectivity index (χ3n) is 6.57. The first-order chi connectivity index (χ1) is 10.3. The van der Waals surface area contributed by atoms with E-state index < -0.39 is 0 Å². The number of hydrogen-bond acceptors (Lipinski definition) is 1. The van der Waals surface area contributed by atoms with Crippen LogP contribution in [0.2, 0.25) is 0 Å². The summed E-state index contributed by atoms with van der Waals surface area (Å²) in [5.41, 5.74) is 2.25. The molecule has 1 saturated heterocycles. The number of piperidine rings is 1. The molecule has 114 valence electrons. The summed E-state index contributed by atoms with van der Waals surface area (Å²) in [5, 5.41) is 0. The van der Waals surface area contributed by atoms with Gasteiger partial charge in [-0.15, -0.1) is 0 Å². The van der Waals surface area contributed by atoms with Crippen LogP contribution in [0.4, 0.5) is 0 Å². The lowest BCUT2D eigenvalue weighted by molar-refractivity contribution is 0.0381. The molecule has 0 N–H and O–H groups in total. The molecule has 0 radical (unpaired) electrons. The Hall–Kier alpha value is -0.820. The van der Waals surface area contributed by atoms with Crippen LogP contribution in [0.15, 0.2) is 30.3 Å². The molecule has 3 aliphatic rings. The van der Waals surface area contributed by atoms with Crippen LogP contribution in [0.25, 0.3) is 0 Å². The number of benzene rings is 1. The summed E-state index contributed by atoms with van der Waals surface area (Å²) in [6.07, 6.45) is 11.8. The Morgan fingerprint density at radius 3 is 2.81 bits per heavy atom. The van der Waals surface area contributed by atoms with Gasteiger partial charge in [-0.2, -0.15) is 0 Å². The van der Waals surface area contributed by atoms with Crippen molar-refractivity contribution >= 4 is 0 Å². The average Bonchev–Trinajstić information content (AvgIpc) is 3.09.